The van der Waals surface area contributed by atoms with Crippen LogP contribution in [0.3, 0.4) is 0 Å². The highest BCUT2D eigenvalue weighted by Crippen LogP contribution is 2.46. The quantitative estimate of drug-likeness (QED) is 0.248. The molecule has 3 atom stereocenters. The van der Waals surface area contributed by atoms with Gasteiger partial charge in [-0.1, -0.05) is 78.4 Å². The molecule has 7 rings (SSSR count). The third-order valence-electron chi connectivity index (χ3n) is 9.20. The van der Waals surface area contributed by atoms with Crippen LogP contribution in [0, 0.1) is 0 Å². The smallest absolute Gasteiger partial charge is 0.255 e. The number of amides is 3. The molecular weight excluding hydrogens is 536 g/mol. The van der Waals surface area contributed by atoms with Gasteiger partial charge in [-0.25, -0.2) is 0 Å². The van der Waals surface area contributed by atoms with Crippen molar-refractivity contribution in [1.29, 1.82) is 0 Å². The third kappa shape index (κ3) is 5.13. The second-order valence-corrected chi connectivity index (χ2v) is 11.9. The van der Waals surface area contributed by atoms with E-state index < -0.39 is 12.1 Å². The number of para-hydroxylation sites is 1. The van der Waals surface area contributed by atoms with Crippen LogP contribution in [0.1, 0.15) is 70.9 Å². The highest BCUT2D eigenvalue weighted by atomic mass is 16.2. The number of nitrogens with zero attached hydrogens (tertiary/aromatic N) is 1. The molecule has 43 heavy (non-hydrogen) atoms. The number of carbonyl (C=O) groups excluding carboxylic acids is 3. The summed E-state index contributed by atoms with van der Waals surface area (Å²) in [5.41, 5.74) is 6.86. The lowest BCUT2D eigenvalue weighted by Crippen LogP contribution is -2.57. The van der Waals surface area contributed by atoms with Crippen LogP contribution in [-0.2, 0) is 22.4 Å². The van der Waals surface area contributed by atoms with Gasteiger partial charge >= 0.3 is 0 Å². The SMILES string of the molecule is O=C(NCCC1=CCCCC1)C(Cc1ccccc1)NC(=O)C1Cc2c([nH]c3ccccc23)C2c3ccccc3C(=O)N12. The first-order valence-corrected chi connectivity index (χ1v) is 15.4. The zero-order valence-electron chi connectivity index (χ0n) is 24.1. The molecule has 1 aromatic heterocycles. The van der Waals surface area contributed by atoms with Gasteiger partial charge in [-0.15, -0.1) is 0 Å². The zero-order chi connectivity index (χ0) is 29.3. The molecular formula is C36H36N4O3. The summed E-state index contributed by atoms with van der Waals surface area (Å²) in [6.07, 6.45) is 8.48. The summed E-state index contributed by atoms with van der Waals surface area (Å²) in [7, 11) is 0. The normalized spacial score (nSPS) is 19.7. The first-order chi connectivity index (χ1) is 21.1. The minimum atomic E-state index is -0.766. The van der Waals surface area contributed by atoms with Crippen LogP contribution in [0.2, 0.25) is 0 Å². The standard InChI is InChI=1S/C36H36N4O3/c41-34(37-20-19-23-11-3-1-4-12-23)30(21-24-13-5-2-6-14-24)39-35(42)31-22-28-25-15-9-10-18-29(25)38-32(28)33-26-16-7-8-17-27(26)36(43)40(31)33/h2,5-11,13-18,30-31,33,38H,1,3-4,12,19-22H2,(H,37,41)(H,39,42). The molecule has 3 heterocycles. The number of nitrogens with one attached hydrogen (secondary N) is 3. The van der Waals surface area contributed by atoms with Crippen LogP contribution in [0.15, 0.2) is 90.5 Å². The number of H-pyrrole nitrogens is 1. The van der Waals surface area contributed by atoms with Crippen molar-refractivity contribution >= 4 is 28.6 Å². The lowest BCUT2D eigenvalue weighted by Gasteiger charge is -2.37. The van der Waals surface area contributed by atoms with Crippen LogP contribution in [0.4, 0.5) is 0 Å². The lowest BCUT2D eigenvalue weighted by molar-refractivity contribution is -0.132. The Morgan fingerprint density at radius 2 is 1.74 bits per heavy atom. The second-order valence-electron chi connectivity index (χ2n) is 11.9. The van der Waals surface area contributed by atoms with Crippen molar-refractivity contribution in [2.45, 2.75) is 63.1 Å². The zero-order valence-corrected chi connectivity index (χ0v) is 24.1. The number of aromatic amines is 1. The first kappa shape index (κ1) is 27.2. The summed E-state index contributed by atoms with van der Waals surface area (Å²) < 4.78 is 0. The van der Waals surface area contributed by atoms with Gasteiger partial charge in [0.25, 0.3) is 5.91 Å². The number of hydrogen-bond acceptors (Lipinski definition) is 3. The number of carbonyl (C=O) groups is 3. The fourth-order valence-electron chi connectivity index (χ4n) is 7.07. The minimum absolute atomic E-state index is 0.158. The molecule has 3 aliphatic rings. The molecule has 0 spiro atoms. The second kappa shape index (κ2) is 11.6. The number of aromatic nitrogens is 1. The Balaban J connectivity index is 1.17. The maximum atomic E-state index is 14.2. The van der Waals surface area contributed by atoms with Crippen molar-refractivity contribution in [3.05, 3.63) is 118 Å². The molecule has 3 aromatic carbocycles. The van der Waals surface area contributed by atoms with Gasteiger partial charge < -0.3 is 20.5 Å². The van der Waals surface area contributed by atoms with Gasteiger partial charge in [-0.05, 0) is 60.9 Å². The van der Waals surface area contributed by atoms with Crippen LogP contribution < -0.4 is 10.6 Å². The predicted octanol–water partition coefficient (Wildman–Crippen LogP) is 5.37. The molecule has 4 aromatic rings. The molecule has 3 amide bonds. The maximum Gasteiger partial charge on any atom is 0.255 e. The molecule has 218 valence electrons. The highest BCUT2D eigenvalue weighted by molar-refractivity contribution is 6.04. The van der Waals surface area contributed by atoms with Gasteiger partial charge in [0, 0.05) is 41.5 Å². The number of hydrogen-bond donors (Lipinski definition) is 3. The van der Waals surface area contributed by atoms with Gasteiger partial charge in [0.05, 0.1) is 6.04 Å². The van der Waals surface area contributed by atoms with E-state index in [1.165, 1.54) is 18.4 Å². The van der Waals surface area contributed by atoms with E-state index in [2.05, 4.69) is 27.8 Å². The molecule has 7 nitrogen and oxygen atoms in total. The van der Waals surface area contributed by atoms with Crippen LogP contribution in [0.5, 0.6) is 0 Å². The van der Waals surface area contributed by atoms with Crippen molar-refractivity contribution in [2.24, 2.45) is 0 Å². The number of fused-ring (bicyclic) bond motifs is 7. The monoisotopic (exact) mass is 572 g/mol. The number of allylic oxidation sites excluding steroid dienone is 1. The van der Waals surface area contributed by atoms with Crippen LogP contribution in [0.25, 0.3) is 10.9 Å². The van der Waals surface area contributed by atoms with E-state index in [4.69, 9.17) is 0 Å². The summed E-state index contributed by atoms with van der Waals surface area (Å²) in [6, 6.07) is 23.5. The van der Waals surface area contributed by atoms with Gasteiger partial charge in [0.2, 0.25) is 11.8 Å². The number of rotatable bonds is 8. The first-order valence-electron chi connectivity index (χ1n) is 15.4. The summed E-state index contributed by atoms with van der Waals surface area (Å²) >= 11 is 0. The van der Waals surface area contributed by atoms with Gasteiger partial charge in [0.15, 0.2) is 0 Å². The van der Waals surface area contributed by atoms with E-state index in [1.54, 1.807) is 4.90 Å². The Hall–Kier alpha value is -4.65. The van der Waals surface area contributed by atoms with Crippen molar-refractivity contribution in [2.75, 3.05) is 6.54 Å². The fraction of sp³-hybridized carbons (Fsp3) is 0.306. The van der Waals surface area contributed by atoms with Crippen molar-refractivity contribution in [1.82, 2.24) is 20.5 Å². The van der Waals surface area contributed by atoms with E-state index in [9.17, 15) is 14.4 Å². The van der Waals surface area contributed by atoms with E-state index in [0.717, 1.165) is 52.5 Å². The summed E-state index contributed by atoms with van der Waals surface area (Å²) in [5, 5.41) is 7.23. The Kier molecular flexibility index (Phi) is 7.31. The maximum absolute atomic E-state index is 14.2. The average Bonchev–Trinajstić information content (AvgIpc) is 3.56. The van der Waals surface area contributed by atoms with Crippen LogP contribution in [-0.4, -0.2) is 46.2 Å². The Labute approximate surface area is 251 Å². The average molecular weight is 573 g/mol. The molecule has 3 N–H and O–H groups in total. The Morgan fingerprint density at radius 1 is 0.953 bits per heavy atom. The van der Waals surface area contributed by atoms with E-state index in [0.29, 0.717) is 24.9 Å². The minimum Gasteiger partial charge on any atom is -0.356 e. The fourth-order valence-corrected chi connectivity index (χ4v) is 7.07. The molecule has 0 saturated heterocycles. The third-order valence-corrected chi connectivity index (χ3v) is 9.20. The summed E-state index contributed by atoms with van der Waals surface area (Å²) in [6.45, 7) is 0.538. The summed E-state index contributed by atoms with van der Waals surface area (Å²) in [4.78, 5) is 46.9. The molecule has 0 saturated carbocycles. The topological polar surface area (TPSA) is 94.3 Å². The van der Waals surface area contributed by atoms with Gasteiger partial charge in [-0.3, -0.25) is 14.4 Å². The summed E-state index contributed by atoms with van der Waals surface area (Å²) in [5.74, 6) is -0.673. The molecule has 0 bridgehead atoms. The molecule has 0 radical (unpaired) electrons. The van der Waals surface area contributed by atoms with E-state index in [1.807, 2.05) is 72.8 Å². The van der Waals surface area contributed by atoms with Crippen molar-refractivity contribution in [3.8, 4) is 0 Å². The van der Waals surface area contributed by atoms with Gasteiger partial charge in [0.1, 0.15) is 12.1 Å². The van der Waals surface area contributed by atoms with Crippen LogP contribution >= 0.6 is 0 Å². The van der Waals surface area contributed by atoms with Gasteiger partial charge in [-0.2, -0.15) is 0 Å². The predicted molar refractivity (Wildman–Crippen MR) is 166 cm³/mol. The number of benzene rings is 3. The van der Waals surface area contributed by atoms with Crippen molar-refractivity contribution in [3.63, 3.8) is 0 Å². The molecule has 7 heteroatoms. The van der Waals surface area contributed by atoms with Crippen molar-refractivity contribution < 1.29 is 14.4 Å². The Morgan fingerprint density at radius 3 is 2.58 bits per heavy atom. The molecule has 3 unspecified atom stereocenters. The van der Waals surface area contributed by atoms with E-state index in [-0.39, 0.29) is 23.8 Å². The molecule has 2 aliphatic heterocycles. The lowest BCUT2D eigenvalue weighted by atomic mass is 9.89. The van der Waals surface area contributed by atoms with E-state index >= 15 is 0 Å². The molecule has 0 fully saturated rings. The Bertz CT molecular complexity index is 1720. The largest absolute Gasteiger partial charge is 0.356 e. The highest BCUT2D eigenvalue weighted by Gasteiger charge is 2.49. The molecule has 1 aliphatic carbocycles.